The van der Waals surface area contributed by atoms with Crippen LogP contribution < -0.4 is 5.32 Å². The normalized spacial score (nSPS) is 14.3. The molecule has 2 aromatic rings. The van der Waals surface area contributed by atoms with Crippen LogP contribution in [0, 0.1) is 0 Å². The van der Waals surface area contributed by atoms with Gasteiger partial charge in [0.05, 0.1) is 0 Å². The van der Waals surface area contributed by atoms with Crippen LogP contribution in [0.3, 0.4) is 0 Å². The average molecular weight is 297 g/mol. The zero-order valence-corrected chi connectivity index (χ0v) is 13.0. The lowest BCUT2D eigenvalue weighted by Gasteiger charge is -2.16. The predicted octanol–water partition coefficient (Wildman–Crippen LogP) is 2.36. The van der Waals surface area contributed by atoms with Crippen LogP contribution >= 0.6 is 0 Å². The fraction of sp³-hybridized carbons (Fsp3) is 0.389. The molecule has 0 aliphatic heterocycles. The van der Waals surface area contributed by atoms with Gasteiger partial charge in [0.1, 0.15) is 5.69 Å². The molecule has 0 saturated heterocycles. The van der Waals surface area contributed by atoms with Gasteiger partial charge in [-0.25, -0.2) is 0 Å². The number of nitrogens with one attached hydrogen (secondary N) is 1. The highest BCUT2D eigenvalue weighted by atomic mass is 16.1. The van der Waals surface area contributed by atoms with Crippen molar-refractivity contribution in [3.63, 3.8) is 0 Å². The van der Waals surface area contributed by atoms with Gasteiger partial charge < -0.3 is 14.8 Å². The van der Waals surface area contributed by atoms with Crippen molar-refractivity contribution in [1.29, 1.82) is 0 Å². The Morgan fingerprint density at radius 1 is 1.23 bits per heavy atom. The number of benzene rings is 1. The minimum Gasteiger partial charge on any atom is -0.349 e. The monoisotopic (exact) mass is 297 g/mol. The molecule has 0 bridgehead atoms. The molecule has 1 amide bonds. The van der Waals surface area contributed by atoms with Crippen molar-refractivity contribution >= 4 is 5.91 Å². The number of carbonyl (C=O) groups excluding carboxylic acids is 1. The Hall–Kier alpha value is -2.07. The van der Waals surface area contributed by atoms with E-state index in [1.54, 1.807) is 0 Å². The second-order valence-electron chi connectivity index (χ2n) is 5.97. The molecule has 0 atom stereocenters. The number of aromatic nitrogens is 1. The zero-order valence-electron chi connectivity index (χ0n) is 13.0. The Morgan fingerprint density at radius 2 is 2.00 bits per heavy atom. The van der Waals surface area contributed by atoms with Gasteiger partial charge in [-0.3, -0.25) is 4.79 Å². The van der Waals surface area contributed by atoms with Gasteiger partial charge in [-0.1, -0.05) is 30.3 Å². The van der Waals surface area contributed by atoms with Crippen molar-refractivity contribution in [3.05, 3.63) is 59.9 Å². The lowest BCUT2D eigenvalue weighted by atomic mass is 10.2. The van der Waals surface area contributed by atoms with E-state index in [9.17, 15) is 4.79 Å². The molecular weight excluding hydrogens is 274 g/mol. The molecule has 1 aromatic carbocycles. The second kappa shape index (κ2) is 6.79. The van der Waals surface area contributed by atoms with Crippen molar-refractivity contribution in [1.82, 2.24) is 14.8 Å². The van der Waals surface area contributed by atoms with Crippen LogP contribution in [0.25, 0.3) is 0 Å². The highest BCUT2D eigenvalue weighted by Gasteiger charge is 2.25. The molecule has 3 rings (SSSR count). The van der Waals surface area contributed by atoms with Crippen LogP contribution in [-0.2, 0) is 6.54 Å². The van der Waals surface area contributed by atoms with Gasteiger partial charge in [0.2, 0.25) is 0 Å². The first kappa shape index (κ1) is 14.9. The van der Waals surface area contributed by atoms with E-state index in [-0.39, 0.29) is 5.91 Å². The molecule has 22 heavy (non-hydrogen) atoms. The first-order chi connectivity index (χ1) is 10.7. The molecule has 1 heterocycles. The molecule has 1 N–H and O–H groups in total. The SMILES string of the molecule is CN(CCNC(=O)c1cccn1Cc1ccccc1)C1CC1. The molecular formula is C18H23N3O. The number of amides is 1. The van der Waals surface area contributed by atoms with Crippen LogP contribution in [0.1, 0.15) is 28.9 Å². The quantitative estimate of drug-likeness (QED) is 0.852. The van der Waals surface area contributed by atoms with Crippen LogP contribution in [-0.4, -0.2) is 41.6 Å². The summed E-state index contributed by atoms with van der Waals surface area (Å²) in [5.74, 6) is 0.00475. The summed E-state index contributed by atoms with van der Waals surface area (Å²) in [6, 6.07) is 14.7. The van der Waals surface area contributed by atoms with Gasteiger partial charge in [0.25, 0.3) is 5.91 Å². The van der Waals surface area contributed by atoms with E-state index < -0.39 is 0 Å². The second-order valence-corrected chi connectivity index (χ2v) is 5.97. The zero-order chi connectivity index (χ0) is 15.4. The van der Waals surface area contributed by atoms with Crippen molar-refractivity contribution in [2.75, 3.05) is 20.1 Å². The van der Waals surface area contributed by atoms with Crippen molar-refractivity contribution < 1.29 is 4.79 Å². The van der Waals surface area contributed by atoms with E-state index in [1.807, 2.05) is 41.1 Å². The Balaban J connectivity index is 1.55. The Kier molecular flexibility index (Phi) is 4.59. The van der Waals surface area contributed by atoms with Crippen LogP contribution in [0.4, 0.5) is 0 Å². The molecule has 4 heteroatoms. The third-order valence-electron chi connectivity index (χ3n) is 4.18. The number of nitrogens with zero attached hydrogens (tertiary/aromatic N) is 2. The van der Waals surface area contributed by atoms with E-state index >= 15 is 0 Å². The summed E-state index contributed by atoms with van der Waals surface area (Å²) >= 11 is 0. The van der Waals surface area contributed by atoms with Gasteiger partial charge in [-0.15, -0.1) is 0 Å². The van der Waals surface area contributed by atoms with Crippen LogP contribution in [0.5, 0.6) is 0 Å². The van der Waals surface area contributed by atoms with Gasteiger partial charge in [-0.05, 0) is 37.6 Å². The minimum atomic E-state index is 0.00475. The molecule has 4 nitrogen and oxygen atoms in total. The van der Waals surface area contributed by atoms with Crippen molar-refractivity contribution in [2.45, 2.75) is 25.4 Å². The fourth-order valence-corrected chi connectivity index (χ4v) is 2.67. The summed E-state index contributed by atoms with van der Waals surface area (Å²) in [5.41, 5.74) is 1.92. The standard InChI is InChI=1S/C18H23N3O/c1-20(16-9-10-16)13-11-19-18(22)17-8-5-12-21(17)14-15-6-3-2-4-7-15/h2-8,12,16H,9-11,13-14H2,1H3,(H,19,22). The largest absolute Gasteiger partial charge is 0.349 e. The summed E-state index contributed by atoms with van der Waals surface area (Å²) in [5, 5.41) is 3.02. The van der Waals surface area contributed by atoms with E-state index in [0.717, 1.165) is 24.8 Å². The maximum absolute atomic E-state index is 12.3. The van der Waals surface area contributed by atoms with E-state index in [1.165, 1.54) is 18.4 Å². The first-order valence-corrected chi connectivity index (χ1v) is 7.91. The topological polar surface area (TPSA) is 37.3 Å². The average Bonchev–Trinajstić information content (AvgIpc) is 3.28. The minimum absolute atomic E-state index is 0.00475. The number of hydrogen-bond donors (Lipinski definition) is 1. The van der Waals surface area contributed by atoms with E-state index in [2.05, 4.69) is 29.4 Å². The number of carbonyl (C=O) groups is 1. The number of hydrogen-bond acceptors (Lipinski definition) is 2. The van der Waals surface area contributed by atoms with Crippen LogP contribution in [0.15, 0.2) is 48.7 Å². The maximum Gasteiger partial charge on any atom is 0.267 e. The Morgan fingerprint density at radius 3 is 2.73 bits per heavy atom. The third kappa shape index (κ3) is 3.77. The van der Waals surface area contributed by atoms with Gasteiger partial charge in [0.15, 0.2) is 0 Å². The van der Waals surface area contributed by atoms with E-state index in [4.69, 9.17) is 0 Å². The molecule has 116 valence electrons. The van der Waals surface area contributed by atoms with Crippen molar-refractivity contribution in [3.8, 4) is 0 Å². The lowest BCUT2D eigenvalue weighted by molar-refractivity contribution is 0.0940. The van der Waals surface area contributed by atoms with Crippen LogP contribution in [0.2, 0.25) is 0 Å². The lowest BCUT2D eigenvalue weighted by Crippen LogP contribution is -2.34. The predicted molar refractivity (Wildman–Crippen MR) is 88.0 cm³/mol. The van der Waals surface area contributed by atoms with Gasteiger partial charge in [-0.2, -0.15) is 0 Å². The van der Waals surface area contributed by atoms with Crippen molar-refractivity contribution in [2.24, 2.45) is 0 Å². The maximum atomic E-state index is 12.3. The highest BCUT2D eigenvalue weighted by Crippen LogP contribution is 2.24. The molecule has 1 aliphatic rings. The summed E-state index contributed by atoms with van der Waals surface area (Å²) in [6.07, 6.45) is 4.55. The molecule has 1 aliphatic carbocycles. The molecule has 1 aromatic heterocycles. The Bertz CT molecular complexity index is 616. The highest BCUT2D eigenvalue weighted by molar-refractivity contribution is 5.92. The molecule has 1 fully saturated rings. The molecule has 0 spiro atoms. The summed E-state index contributed by atoms with van der Waals surface area (Å²) in [7, 11) is 2.13. The summed E-state index contributed by atoms with van der Waals surface area (Å²) < 4.78 is 2.00. The molecule has 0 radical (unpaired) electrons. The molecule has 1 saturated carbocycles. The number of likely N-dealkylation sites (N-methyl/N-ethyl adjacent to an activating group) is 1. The smallest absolute Gasteiger partial charge is 0.267 e. The molecule has 0 unspecified atom stereocenters. The number of rotatable bonds is 7. The third-order valence-corrected chi connectivity index (χ3v) is 4.18. The fourth-order valence-electron chi connectivity index (χ4n) is 2.67. The Labute approximate surface area is 131 Å². The van der Waals surface area contributed by atoms with Gasteiger partial charge in [0, 0.05) is 31.9 Å². The summed E-state index contributed by atoms with van der Waals surface area (Å²) in [6.45, 7) is 2.33. The van der Waals surface area contributed by atoms with E-state index in [0.29, 0.717) is 6.54 Å². The first-order valence-electron chi connectivity index (χ1n) is 7.91. The van der Waals surface area contributed by atoms with Gasteiger partial charge >= 0.3 is 0 Å². The summed E-state index contributed by atoms with van der Waals surface area (Å²) in [4.78, 5) is 14.7.